The van der Waals surface area contributed by atoms with Crippen molar-refractivity contribution in [2.24, 2.45) is 22.7 Å². The van der Waals surface area contributed by atoms with E-state index in [-0.39, 0.29) is 29.6 Å². The van der Waals surface area contributed by atoms with Gasteiger partial charge in [-0.2, -0.15) is 0 Å². The lowest BCUT2D eigenvalue weighted by molar-refractivity contribution is -0.188. The van der Waals surface area contributed by atoms with Gasteiger partial charge in [-0.25, -0.2) is 8.78 Å². The Balaban J connectivity index is 2.04. The van der Waals surface area contributed by atoms with Crippen molar-refractivity contribution in [1.29, 1.82) is 0 Å². The van der Waals surface area contributed by atoms with Gasteiger partial charge in [0, 0.05) is 11.3 Å². The molecule has 2 saturated carbocycles. The highest BCUT2D eigenvalue weighted by Gasteiger charge is 2.66. The van der Waals surface area contributed by atoms with Gasteiger partial charge in [-0.05, 0) is 37.5 Å². The highest BCUT2D eigenvalue weighted by atomic mass is 19.2. The zero-order valence-corrected chi connectivity index (χ0v) is 12.7. The third-order valence-electron chi connectivity index (χ3n) is 6.54. The summed E-state index contributed by atoms with van der Waals surface area (Å²) < 4.78 is 34.1. The van der Waals surface area contributed by atoms with E-state index in [2.05, 4.69) is 0 Å². The fourth-order valence-electron chi connectivity index (χ4n) is 5.60. The van der Waals surface area contributed by atoms with Gasteiger partial charge in [-0.15, -0.1) is 0 Å². The number of esters is 1. The van der Waals surface area contributed by atoms with Crippen LogP contribution in [0.2, 0.25) is 0 Å². The zero-order chi connectivity index (χ0) is 14.9. The summed E-state index contributed by atoms with van der Waals surface area (Å²) in [6.07, 6.45) is -0.733. The minimum atomic E-state index is -1.44. The summed E-state index contributed by atoms with van der Waals surface area (Å²) in [6.45, 7) is 7.69. The van der Waals surface area contributed by atoms with E-state index < -0.39 is 23.4 Å². The summed E-state index contributed by atoms with van der Waals surface area (Å²) in [5, 5.41) is 0. The van der Waals surface area contributed by atoms with Gasteiger partial charge in [0.15, 0.2) is 0 Å². The Hall–Kier alpha value is -0.670. The molecule has 2 aliphatic carbocycles. The molecule has 0 N–H and O–H groups in total. The van der Waals surface area contributed by atoms with Crippen molar-refractivity contribution in [2.75, 3.05) is 0 Å². The molecule has 0 aromatic heterocycles. The predicted octanol–water partition coefficient (Wildman–Crippen LogP) is 3.83. The van der Waals surface area contributed by atoms with Crippen LogP contribution in [0.4, 0.5) is 8.78 Å². The van der Waals surface area contributed by atoms with Gasteiger partial charge in [0.1, 0.15) is 17.9 Å². The molecular weight excluding hydrogens is 262 g/mol. The van der Waals surface area contributed by atoms with Gasteiger partial charge in [0.25, 0.3) is 0 Å². The van der Waals surface area contributed by atoms with Gasteiger partial charge >= 0.3 is 5.97 Å². The molecule has 1 saturated heterocycles. The van der Waals surface area contributed by atoms with Crippen LogP contribution in [-0.4, -0.2) is 23.9 Å². The normalized spacial score (nSPS) is 54.0. The molecule has 20 heavy (non-hydrogen) atoms. The number of hydrogen-bond donors (Lipinski definition) is 0. The molecule has 1 heterocycles. The van der Waals surface area contributed by atoms with E-state index >= 15 is 0 Å². The van der Waals surface area contributed by atoms with Gasteiger partial charge < -0.3 is 4.74 Å². The molecular formula is C16H24F2O2. The third kappa shape index (κ3) is 1.62. The van der Waals surface area contributed by atoms with Crippen molar-refractivity contribution in [3.8, 4) is 0 Å². The summed E-state index contributed by atoms with van der Waals surface area (Å²) in [6, 6.07) is 0. The first-order chi connectivity index (χ1) is 9.11. The van der Waals surface area contributed by atoms with Crippen molar-refractivity contribution < 1.29 is 18.3 Å². The lowest BCUT2D eigenvalue weighted by atomic mass is 9.45. The standard InChI is InChI=1S/C16H24F2O2/c1-14(2)10-5-6-16(4)11(7-12(19)20-16)15(10,3)8-9(17)13(14)18/h9-11,13H,5-8H2,1-4H3/t9-,10-,11+,13-,15-,16+/m0/s1. The second-order valence-corrected chi connectivity index (χ2v) is 8.08. The Morgan fingerprint density at radius 3 is 2.45 bits per heavy atom. The second-order valence-electron chi connectivity index (χ2n) is 8.08. The molecule has 0 amide bonds. The Morgan fingerprint density at radius 2 is 1.80 bits per heavy atom. The monoisotopic (exact) mass is 286 g/mol. The Labute approximate surface area is 119 Å². The van der Waals surface area contributed by atoms with E-state index in [1.165, 1.54) is 0 Å². The van der Waals surface area contributed by atoms with Crippen LogP contribution in [0.3, 0.4) is 0 Å². The number of alkyl halides is 2. The molecule has 4 heteroatoms. The van der Waals surface area contributed by atoms with Gasteiger partial charge in [0.05, 0.1) is 6.42 Å². The van der Waals surface area contributed by atoms with Crippen LogP contribution in [0, 0.1) is 22.7 Å². The molecule has 0 bridgehead atoms. The summed E-state index contributed by atoms with van der Waals surface area (Å²) >= 11 is 0. The first-order valence-electron chi connectivity index (χ1n) is 7.61. The Kier molecular flexibility index (Phi) is 2.82. The van der Waals surface area contributed by atoms with Crippen LogP contribution in [0.5, 0.6) is 0 Å². The van der Waals surface area contributed by atoms with Crippen LogP contribution in [-0.2, 0) is 9.53 Å². The van der Waals surface area contributed by atoms with Crippen molar-refractivity contribution in [2.45, 2.75) is 71.3 Å². The molecule has 0 spiro atoms. The predicted molar refractivity (Wildman–Crippen MR) is 71.6 cm³/mol. The number of carbonyl (C=O) groups excluding carboxylic acids is 1. The average molecular weight is 286 g/mol. The van der Waals surface area contributed by atoms with E-state index in [9.17, 15) is 13.6 Å². The molecule has 6 atom stereocenters. The number of halogens is 2. The van der Waals surface area contributed by atoms with Crippen molar-refractivity contribution >= 4 is 5.97 Å². The molecule has 3 aliphatic rings. The van der Waals surface area contributed by atoms with Gasteiger partial charge in [-0.3, -0.25) is 4.79 Å². The number of hydrogen-bond acceptors (Lipinski definition) is 2. The zero-order valence-electron chi connectivity index (χ0n) is 12.7. The van der Waals surface area contributed by atoms with E-state index in [0.717, 1.165) is 12.8 Å². The summed E-state index contributed by atoms with van der Waals surface area (Å²) in [4.78, 5) is 11.7. The minimum Gasteiger partial charge on any atom is -0.459 e. The smallest absolute Gasteiger partial charge is 0.306 e. The molecule has 114 valence electrons. The Morgan fingerprint density at radius 1 is 1.15 bits per heavy atom. The highest BCUT2D eigenvalue weighted by Crippen LogP contribution is 2.65. The molecule has 0 aromatic rings. The SMILES string of the molecule is CC1(C)[C@@H](F)[C@@H](F)C[C@]2(C)[C@H]3CC(=O)O[C@]3(C)CC[C@@H]12. The third-order valence-corrected chi connectivity index (χ3v) is 6.54. The topological polar surface area (TPSA) is 26.3 Å². The Bertz CT molecular complexity index is 450. The van der Waals surface area contributed by atoms with Gasteiger partial charge in [-0.1, -0.05) is 20.8 Å². The summed E-state index contributed by atoms with van der Waals surface area (Å²) in [7, 11) is 0. The molecule has 3 rings (SSSR count). The van der Waals surface area contributed by atoms with Crippen molar-refractivity contribution in [3.05, 3.63) is 0 Å². The summed E-state index contributed by atoms with van der Waals surface area (Å²) in [5.41, 5.74) is -1.52. The van der Waals surface area contributed by atoms with Crippen LogP contribution in [0.15, 0.2) is 0 Å². The van der Waals surface area contributed by atoms with Crippen molar-refractivity contribution in [3.63, 3.8) is 0 Å². The molecule has 0 unspecified atom stereocenters. The lowest BCUT2D eigenvalue weighted by Gasteiger charge is -2.61. The first-order valence-corrected chi connectivity index (χ1v) is 7.61. The van der Waals surface area contributed by atoms with Crippen LogP contribution < -0.4 is 0 Å². The molecule has 0 aromatic carbocycles. The van der Waals surface area contributed by atoms with Crippen LogP contribution in [0.1, 0.15) is 53.4 Å². The van der Waals surface area contributed by atoms with Gasteiger partial charge in [0.2, 0.25) is 0 Å². The molecule has 2 nitrogen and oxygen atoms in total. The maximum absolute atomic E-state index is 14.3. The van der Waals surface area contributed by atoms with Crippen LogP contribution >= 0.6 is 0 Å². The molecule has 0 radical (unpaired) electrons. The fraction of sp³-hybridized carbons (Fsp3) is 0.938. The second kappa shape index (κ2) is 3.95. The number of fused-ring (bicyclic) bond motifs is 3. The highest BCUT2D eigenvalue weighted by molar-refractivity contribution is 5.73. The maximum Gasteiger partial charge on any atom is 0.306 e. The quantitative estimate of drug-likeness (QED) is 0.633. The van der Waals surface area contributed by atoms with E-state index in [4.69, 9.17) is 4.74 Å². The summed E-state index contributed by atoms with van der Waals surface area (Å²) in [5.74, 6) is -0.0780. The number of rotatable bonds is 0. The first kappa shape index (κ1) is 14.3. The van der Waals surface area contributed by atoms with E-state index in [1.54, 1.807) is 0 Å². The van der Waals surface area contributed by atoms with Crippen LogP contribution in [0.25, 0.3) is 0 Å². The average Bonchev–Trinajstić information content (AvgIpc) is 2.62. The lowest BCUT2D eigenvalue weighted by Crippen LogP contribution is -2.61. The van der Waals surface area contributed by atoms with Crippen molar-refractivity contribution in [1.82, 2.24) is 0 Å². The molecule has 3 fully saturated rings. The van der Waals surface area contributed by atoms with E-state index in [0.29, 0.717) is 6.42 Å². The number of ether oxygens (including phenoxy) is 1. The minimum absolute atomic E-state index is 0.00581. The maximum atomic E-state index is 14.3. The van der Waals surface area contributed by atoms with E-state index in [1.807, 2.05) is 27.7 Å². The largest absolute Gasteiger partial charge is 0.459 e. The number of carbonyl (C=O) groups is 1. The molecule has 1 aliphatic heterocycles. The fourth-order valence-corrected chi connectivity index (χ4v) is 5.60.